The van der Waals surface area contributed by atoms with Gasteiger partial charge in [0.05, 0.1) is 23.2 Å². The zero-order valence-electron chi connectivity index (χ0n) is 18.9. The summed E-state index contributed by atoms with van der Waals surface area (Å²) < 4.78 is 28.9. The summed E-state index contributed by atoms with van der Waals surface area (Å²) in [5, 5.41) is 2.52. The van der Waals surface area contributed by atoms with Gasteiger partial charge in [-0.25, -0.2) is 9.18 Å². The molecule has 0 radical (unpaired) electrons. The minimum absolute atomic E-state index is 0.0151. The zero-order chi connectivity index (χ0) is 25.4. The molecule has 3 aromatic carbocycles. The van der Waals surface area contributed by atoms with Crippen molar-refractivity contribution in [1.82, 2.24) is 4.90 Å². The van der Waals surface area contributed by atoms with Gasteiger partial charge in [0, 0.05) is 5.69 Å². The SMILES string of the molecule is CC(OC(=O)c1ccc2c(c1)C(=O)N(Cc1ccc3c(c1)OCO3)C2=O)C(=O)Nc1ccc(F)cc1. The number of nitrogens with one attached hydrogen (secondary N) is 1. The van der Waals surface area contributed by atoms with Crippen LogP contribution < -0.4 is 14.8 Å². The van der Waals surface area contributed by atoms with Crippen molar-refractivity contribution in [2.75, 3.05) is 12.1 Å². The van der Waals surface area contributed by atoms with E-state index in [-0.39, 0.29) is 30.0 Å². The monoisotopic (exact) mass is 490 g/mol. The Hall–Kier alpha value is -4.73. The molecule has 0 saturated carbocycles. The normalized spacial score (nSPS) is 14.4. The van der Waals surface area contributed by atoms with Gasteiger partial charge < -0.3 is 19.5 Å². The van der Waals surface area contributed by atoms with Crippen molar-refractivity contribution < 1.29 is 37.8 Å². The molecule has 0 aromatic heterocycles. The van der Waals surface area contributed by atoms with Gasteiger partial charge in [0.1, 0.15) is 5.82 Å². The highest BCUT2D eigenvalue weighted by Crippen LogP contribution is 2.34. The molecule has 1 unspecified atom stereocenters. The molecule has 182 valence electrons. The van der Waals surface area contributed by atoms with E-state index in [1.165, 1.54) is 49.4 Å². The summed E-state index contributed by atoms with van der Waals surface area (Å²) in [4.78, 5) is 51.9. The van der Waals surface area contributed by atoms with Gasteiger partial charge in [-0.15, -0.1) is 0 Å². The Kier molecular flexibility index (Phi) is 5.85. The highest BCUT2D eigenvalue weighted by Gasteiger charge is 2.36. The molecule has 36 heavy (non-hydrogen) atoms. The highest BCUT2D eigenvalue weighted by atomic mass is 19.1. The number of amides is 3. The lowest BCUT2D eigenvalue weighted by atomic mass is 10.1. The van der Waals surface area contributed by atoms with E-state index in [1.807, 2.05) is 0 Å². The number of esters is 1. The molecule has 0 aliphatic carbocycles. The fourth-order valence-electron chi connectivity index (χ4n) is 3.84. The molecule has 1 atom stereocenters. The van der Waals surface area contributed by atoms with Crippen LogP contribution >= 0.6 is 0 Å². The second-order valence-electron chi connectivity index (χ2n) is 8.19. The largest absolute Gasteiger partial charge is 0.454 e. The number of hydrogen-bond donors (Lipinski definition) is 1. The van der Waals surface area contributed by atoms with Gasteiger partial charge in [-0.05, 0) is 67.1 Å². The summed E-state index contributed by atoms with van der Waals surface area (Å²) in [6.45, 7) is 1.51. The lowest BCUT2D eigenvalue weighted by molar-refractivity contribution is -0.123. The summed E-state index contributed by atoms with van der Waals surface area (Å²) in [6, 6.07) is 14.3. The molecule has 0 fully saturated rings. The molecule has 0 bridgehead atoms. The number of nitrogens with zero attached hydrogens (tertiary/aromatic N) is 1. The first kappa shape index (κ1) is 23.0. The summed E-state index contributed by atoms with van der Waals surface area (Å²) in [5.41, 5.74) is 1.27. The van der Waals surface area contributed by atoms with Gasteiger partial charge in [-0.2, -0.15) is 0 Å². The average Bonchev–Trinajstić information content (AvgIpc) is 3.43. The van der Waals surface area contributed by atoms with Crippen LogP contribution in [0.5, 0.6) is 11.5 Å². The molecule has 9 nitrogen and oxygen atoms in total. The quantitative estimate of drug-likeness (QED) is 0.416. The number of ether oxygens (including phenoxy) is 3. The predicted octanol–water partition coefficient (Wildman–Crippen LogP) is 3.53. The summed E-state index contributed by atoms with van der Waals surface area (Å²) in [5.74, 6) is -1.82. The van der Waals surface area contributed by atoms with Crippen molar-refractivity contribution >= 4 is 29.4 Å². The number of hydrogen-bond acceptors (Lipinski definition) is 7. The number of halogens is 1. The molecule has 2 aliphatic heterocycles. The Morgan fingerprint density at radius 2 is 1.69 bits per heavy atom. The first-order chi connectivity index (χ1) is 17.3. The third-order valence-electron chi connectivity index (χ3n) is 5.75. The summed E-state index contributed by atoms with van der Waals surface area (Å²) >= 11 is 0. The highest BCUT2D eigenvalue weighted by molar-refractivity contribution is 6.21. The maximum atomic E-state index is 13.0. The average molecular weight is 490 g/mol. The van der Waals surface area contributed by atoms with Gasteiger partial charge in [-0.3, -0.25) is 19.3 Å². The number of benzene rings is 3. The Bertz CT molecular complexity index is 1400. The van der Waals surface area contributed by atoms with Crippen molar-refractivity contribution in [3.05, 3.63) is 88.7 Å². The third kappa shape index (κ3) is 4.36. The zero-order valence-corrected chi connectivity index (χ0v) is 18.9. The van der Waals surface area contributed by atoms with Gasteiger partial charge >= 0.3 is 5.97 Å². The van der Waals surface area contributed by atoms with E-state index in [1.54, 1.807) is 18.2 Å². The van der Waals surface area contributed by atoms with Gasteiger partial charge in [0.15, 0.2) is 17.6 Å². The topological polar surface area (TPSA) is 111 Å². The Morgan fingerprint density at radius 1 is 0.972 bits per heavy atom. The first-order valence-corrected chi connectivity index (χ1v) is 11.0. The Labute approximate surface area is 204 Å². The van der Waals surface area contributed by atoms with Crippen LogP contribution in [0.4, 0.5) is 10.1 Å². The number of fused-ring (bicyclic) bond motifs is 2. The lowest BCUT2D eigenvalue weighted by Crippen LogP contribution is -2.30. The van der Waals surface area contributed by atoms with E-state index < -0.39 is 35.6 Å². The Morgan fingerprint density at radius 3 is 2.47 bits per heavy atom. The second kappa shape index (κ2) is 9.14. The summed E-state index contributed by atoms with van der Waals surface area (Å²) in [6.07, 6.45) is -1.17. The van der Waals surface area contributed by atoms with Crippen LogP contribution in [-0.4, -0.2) is 41.5 Å². The van der Waals surface area contributed by atoms with Crippen molar-refractivity contribution in [3.8, 4) is 11.5 Å². The number of anilines is 1. The molecule has 1 N–H and O–H groups in total. The van der Waals surface area contributed by atoms with Gasteiger partial charge in [0.25, 0.3) is 17.7 Å². The molecular formula is C26H19FN2O7. The number of carbonyl (C=O) groups excluding carboxylic acids is 4. The third-order valence-corrected chi connectivity index (χ3v) is 5.75. The van der Waals surface area contributed by atoms with E-state index in [0.717, 1.165) is 4.90 Å². The van der Waals surface area contributed by atoms with E-state index in [2.05, 4.69) is 5.32 Å². The molecule has 0 spiro atoms. The predicted molar refractivity (Wildman–Crippen MR) is 123 cm³/mol. The minimum Gasteiger partial charge on any atom is -0.454 e. The standard InChI is InChI=1S/C26H19FN2O7/c1-14(23(30)28-18-6-4-17(27)5-7-18)36-26(33)16-3-8-19-20(11-16)25(32)29(24(19)31)12-15-2-9-21-22(10-15)35-13-34-21/h2-11,14H,12-13H2,1H3,(H,28,30). The minimum atomic E-state index is -1.17. The van der Waals surface area contributed by atoms with Gasteiger partial charge in [0.2, 0.25) is 6.79 Å². The number of carbonyl (C=O) groups is 4. The maximum Gasteiger partial charge on any atom is 0.338 e. The fraction of sp³-hybridized carbons (Fsp3) is 0.154. The maximum absolute atomic E-state index is 13.0. The molecule has 10 heteroatoms. The molecular weight excluding hydrogens is 471 g/mol. The molecule has 3 amide bonds. The van der Waals surface area contributed by atoms with Crippen LogP contribution in [0.1, 0.15) is 43.6 Å². The first-order valence-electron chi connectivity index (χ1n) is 11.0. The second-order valence-corrected chi connectivity index (χ2v) is 8.19. The molecule has 2 heterocycles. The van der Waals surface area contributed by atoms with E-state index in [0.29, 0.717) is 22.7 Å². The molecule has 0 saturated heterocycles. The Balaban J connectivity index is 1.26. The van der Waals surface area contributed by atoms with E-state index >= 15 is 0 Å². The number of rotatable bonds is 6. The lowest BCUT2D eigenvalue weighted by Gasteiger charge is -2.14. The van der Waals surface area contributed by atoms with Crippen molar-refractivity contribution in [3.63, 3.8) is 0 Å². The molecule has 2 aliphatic rings. The molecule has 3 aromatic rings. The van der Waals surface area contributed by atoms with Crippen LogP contribution in [-0.2, 0) is 16.1 Å². The van der Waals surface area contributed by atoms with Crippen LogP contribution in [0.25, 0.3) is 0 Å². The van der Waals surface area contributed by atoms with Crippen LogP contribution in [0.2, 0.25) is 0 Å². The van der Waals surface area contributed by atoms with E-state index in [4.69, 9.17) is 14.2 Å². The summed E-state index contributed by atoms with van der Waals surface area (Å²) in [7, 11) is 0. The van der Waals surface area contributed by atoms with Crippen LogP contribution in [0.15, 0.2) is 60.7 Å². The van der Waals surface area contributed by atoms with Crippen LogP contribution in [0, 0.1) is 5.82 Å². The number of imide groups is 1. The fourth-order valence-corrected chi connectivity index (χ4v) is 3.84. The van der Waals surface area contributed by atoms with E-state index in [9.17, 15) is 23.6 Å². The van der Waals surface area contributed by atoms with Crippen molar-refractivity contribution in [2.45, 2.75) is 19.6 Å². The molecule has 5 rings (SSSR count). The van der Waals surface area contributed by atoms with Gasteiger partial charge in [-0.1, -0.05) is 6.07 Å². The smallest absolute Gasteiger partial charge is 0.338 e. The van der Waals surface area contributed by atoms with Crippen molar-refractivity contribution in [1.29, 1.82) is 0 Å². The van der Waals surface area contributed by atoms with Crippen LogP contribution in [0.3, 0.4) is 0 Å². The van der Waals surface area contributed by atoms with Crippen molar-refractivity contribution in [2.24, 2.45) is 0 Å².